The van der Waals surface area contributed by atoms with E-state index in [4.69, 9.17) is 0 Å². The lowest BCUT2D eigenvalue weighted by Crippen LogP contribution is -2.49. The molecule has 0 bridgehead atoms. The monoisotopic (exact) mass is 424 g/mol. The van der Waals surface area contributed by atoms with Crippen molar-refractivity contribution in [1.82, 2.24) is 14.5 Å². The summed E-state index contributed by atoms with van der Waals surface area (Å²) in [5, 5.41) is 0.707. The fraction of sp³-hybridized carbons (Fsp3) is 0.304. The van der Waals surface area contributed by atoms with Gasteiger partial charge in [0.15, 0.2) is 5.16 Å². The summed E-state index contributed by atoms with van der Waals surface area (Å²) < 4.78 is 15.2. The van der Waals surface area contributed by atoms with Gasteiger partial charge in [-0.2, -0.15) is 0 Å². The molecule has 0 spiro atoms. The Hall–Kier alpha value is -2.80. The molecule has 1 saturated heterocycles. The molecular weight excluding hydrogens is 399 g/mol. The fourth-order valence-corrected chi connectivity index (χ4v) is 4.40. The van der Waals surface area contributed by atoms with Crippen LogP contribution in [0.5, 0.6) is 0 Å². The number of carbonyl (C=O) groups is 1. The van der Waals surface area contributed by atoms with Crippen molar-refractivity contribution in [3.8, 4) is 5.69 Å². The number of halogens is 1. The molecule has 0 aliphatic carbocycles. The molecule has 30 heavy (non-hydrogen) atoms. The van der Waals surface area contributed by atoms with Crippen LogP contribution in [0.3, 0.4) is 0 Å². The quantitative estimate of drug-likeness (QED) is 0.585. The average molecular weight is 425 g/mol. The molecule has 0 unspecified atom stereocenters. The van der Waals surface area contributed by atoms with Gasteiger partial charge < -0.3 is 9.80 Å². The fourth-order valence-electron chi connectivity index (χ4n) is 3.86. The van der Waals surface area contributed by atoms with Crippen molar-refractivity contribution in [1.29, 1.82) is 0 Å². The molecule has 0 N–H and O–H groups in total. The first-order valence-corrected chi connectivity index (χ1v) is 11.2. The van der Waals surface area contributed by atoms with Crippen LogP contribution < -0.4 is 4.90 Å². The van der Waals surface area contributed by atoms with E-state index in [2.05, 4.69) is 41.9 Å². The zero-order chi connectivity index (χ0) is 21.3. The van der Waals surface area contributed by atoms with Crippen molar-refractivity contribution in [2.45, 2.75) is 19.0 Å². The first kappa shape index (κ1) is 20.5. The molecule has 0 radical (unpaired) electrons. The highest BCUT2D eigenvalue weighted by Crippen LogP contribution is 2.26. The molecule has 156 valence electrons. The van der Waals surface area contributed by atoms with E-state index in [1.165, 1.54) is 40.7 Å². The number of anilines is 1. The SMILES string of the molecule is CSc1ncc(C(=O)N2CCN(c3cccc(C)c3C)CC2)n1-c1ccc(F)cc1. The second kappa shape index (κ2) is 8.52. The van der Waals surface area contributed by atoms with E-state index in [9.17, 15) is 9.18 Å². The molecule has 1 aliphatic heterocycles. The second-order valence-corrected chi connectivity index (χ2v) is 8.21. The van der Waals surface area contributed by atoms with E-state index in [1.54, 1.807) is 18.3 Å². The van der Waals surface area contributed by atoms with Gasteiger partial charge in [0, 0.05) is 37.6 Å². The van der Waals surface area contributed by atoms with E-state index in [-0.39, 0.29) is 11.7 Å². The summed E-state index contributed by atoms with van der Waals surface area (Å²) in [7, 11) is 0. The Kier molecular flexibility index (Phi) is 5.81. The van der Waals surface area contributed by atoms with Gasteiger partial charge >= 0.3 is 0 Å². The topological polar surface area (TPSA) is 41.4 Å². The van der Waals surface area contributed by atoms with Crippen LogP contribution in [0, 0.1) is 19.7 Å². The molecule has 2 heterocycles. The summed E-state index contributed by atoms with van der Waals surface area (Å²) in [4.78, 5) is 21.9. The van der Waals surface area contributed by atoms with Gasteiger partial charge in [0.25, 0.3) is 5.91 Å². The minimum absolute atomic E-state index is 0.0484. The normalized spacial score (nSPS) is 14.3. The van der Waals surface area contributed by atoms with Crippen LogP contribution in [0.1, 0.15) is 21.6 Å². The van der Waals surface area contributed by atoms with Crippen LogP contribution in [-0.4, -0.2) is 52.8 Å². The maximum atomic E-state index is 13.4. The van der Waals surface area contributed by atoms with Gasteiger partial charge in [0.1, 0.15) is 11.5 Å². The number of hydrogen-bond donors (Lipinski definition) is 0. The maximum absolute atomic E-state index is 13.4. The largest absolute Gasteiger partial charge is 0.368 e. The van der Waals surface area contributed by atoms with Gasteiger partial charge in [-0.25, -0.2) is 9.37 Å². The standard InChI is InChI=1S/C23H25FN4OS/c1-16-5-4-6-20(17(16)2)26-11-13-27(14-12-26)22(29)21-15-25-23(30-3)28(21)19-9-7-18(24)8-10-19/h4-10,15H,11-14H2,1-3H3. The first-order valence-electron chi connectivity index (χ1n) is 9.97. The zero-order valence-corrected chi connectivity index (χ0v) is 18.2. The molecule has 3 aromatic rings. The molecule has 1 fully saturated rings. The lowest BCUT2D eigenvalue weighted by Gasteiger charge is -2.37. The van der Waals surface area contributed by atoms with Crippen molar-refractivity contribution < 1.29 is 9.18 Å². The maximum Gasteiger partial charge on any atom is 0.272 e. The van der Waals surface area contributed by atoms with Crippen molar-refractivity contribution in [2.24, 2.45) is 0 Å². The van der Waals surface area contributed by atoms with E-state index in [0.717, 1.165) is 18.8 Å². The number of thioether (sulfide) groups is 1. The summed E-state index contributed by atoms with van der Waals surface area (Å²) >= 11 is 1.46. The number of benzene rings is 2. The smallest absolute Gasteiger partial charge is 0.272 e. The van der Waals surface area contributed by atoms with Crippen LogP contribution in [0.4, 0.5) is 10.1 Å². The van der Waals surface area contributed by atoms with Crippen LogP contribution in [0.2, 0.25) is 0 Å². The molecule has 1 aliphatic rings. The Labute approximate surface area is 180 Å². The number of hydrogen-bond acceptors (Lipinski definition) is 4. The highest BCUT2D eigenvalue weighted by Gasteiger charge is 2.27. The number of amides is 1. The highest BCUT2D eigenvalue weighted by atomic mass is 32.2. The molecular formula is C23H25FN4OS. The number of carbonyl (C=O) groups excluding carboxylic acids is 1. The number of nitrogens with zero attached hydrogens (tertiary/aromatic N) is 4. The molecule has 1 aromatic heterocycles. The molecule has 7 heteroatoms. The third-order valence-electron chi connectivity index (χ3n) is 5.70. The molecule has 2 aromatic carbocycles. The number of aryl methyl sites for hydroxylation is 1. The van der Waals surface area contributed by atoms with Gasteiger partial charge in [0.05, 0.1) is 6.20 Å². The number of aromatic nitrogens is 2. The van der Waals surface area contributed by atoms with Crippen molar-refractivity contribution in [3.05, 3.63) is 71.3 Å². The summed E-state index contributed by atoms with van der Waals surface area (Å²) in [5.74, 6) is -0.354. The van der Waals surface area contributed by atoms with Crippen LogP contribution >= 0.6 is 11.8 Å². The lowest BCUT2D eigenvalue weighted by atomic mass is 10.1. The lowest BCUT2D eigenvalue weighted by molar-refractivity contribution is 0.0738. The molecule has 4 rings (SSSR count). The minimum atomic E-state index is -0.306. The van der Waals surface area contributed by atoms with Gasteiger partial charge in [-0.3, -0.25) is 9.36 Å². The van der Waals surface area contributed by atoms with Crippen molar-refractivity contribution >= 4 is 23.4 Å². The Morgan fingerprint density at radius 2 is 1.73 bits per heavy atom. The third kappa shape index (κ3) is 3.81. The van der Waals surface area contributed by atoms with Crippen LogP contribution in [0.15, 0.2) is 53.8 Å². The van der Waals surface area contributed by atoms with E-state index in [1.807, 2.05) is 15.7 Å². The summed E-state index contributed by atoms with van der Waals surface area (Å²) in [6, 6.07) is 12.5. The molecule has 0 atom stereocenters. The highest BCUT2D eigenvalue weighted by molar-refractivity contribution is 7.98. The number of piperazine rings is 1. The summed E-state index contributed by atoms with van der Waals surface area (Å²) in [6.07, 6.45) is 3.54. The van der Waals surface area contributed by atoms with Gasteiger partial charge in [-0.05, 0) is 61.6 Å². The summed E-state index contributed by atoms with van der Waals surface area (Å²) in [5.41, 5.74) is 5.04. The Bertz CT molecular complexity index is 1060. The Morgan fingerprint density at radius 3 is 2.40 bits per heavy atom. The van der Waals surface area contributed by atoms with Crippen molar-refractivity contribution in [2.75, 3.05) is 37.3 Å². The Morgan fingerprint density at radius 1 is 1.03 bits per heavy atom. The minimum Gasteiger partial charge on any atom is -0.368 e. The van der Waals surface area contributed by atoms with E-state index < -0.39 is 0 Å². The van der Waals surface area contributed by atoms with Gasteiger partial charge in [0.2, 0.25) is 0 Å². The number of imidazole rings is 1. The molecule has 1 amide bonds. The van der Waals surface area contributed by atoms with E-state index >= 15 is 0 Å². The van der Waals surface area contributed by atoms with Crippen LogP contribution in [0.25, 0.3) is 5.69 Å². The number of rotatable bonds is 4. The van der Waals surface area contributed by atoms with Gasteiger partial charge in [-0.15, -0.1) is 0 Å². The molecule has 0 saturated carbocycles. The van der Waals surface area contributed by atoms with Crippen molar-refractivity contribution in [3.63, 3.8) is 0 Å². The van der Waals surface area contributed by atoms with Crippen LogP contribution in [-0.2, 0) is 0 Å². The zero-order valence-electron chi connectivity index (χ0n) is 17.4. The first-order chi connectivity index (χ1) is 14.5. The second-order valence-electron chi connectivity index (χ2n) is 7.44. The predicted octanol–water partition coefficient (Wildman–Crippen LogP) is 4.31. The summed E-state index contributed by atoms with van der Waals surface area (Å²) in [6.45, 7) is 7.14. The predicted molar refractivity (Wildman–Crippen MR) is 119 cm³/mol. The third-order valence-corrected chi connectivity index (χ3v) is 6.35. The van der Waals surface area contributed by atoms with E-state index in [0.29, 0.717) is 23.9 Å². The average Bonchev–Trinajstić information content (AvgIpc) is 3.20. The van der Waals surface area contributed by atoms with Gasteiger partial charge in [-0.1, -0.05) is 23.9 Å². The molecule has 5 nitrogen and oxygen atoms in total. The Balaban J connectivity index is 1.54.